The first-order chi connectivity index (χ1) is 17.4. The minimum Gasteiger partial charge on any atom is -0.493 e. The van der Waals surface area contributed by atoms with E-state index in [1.807, 2.05) is 4.90 Å². The number of nitrogens with zero attached hydrogens (tertiary/aromatic N) is 4. The van der Waals surface area contributed by atoms with Gasteiger partial charge < -0.3 is 29.3 Å². The molecular weight excluding hydrogens is 469 g/mol. The number of carbonyl (C=O) groups excluding carboxylic acids is 1. The minimum atomic E-state index is -0.389. The van der Waals surface area contributed by atoms with Gasteiger partial charge in [-0.05, 0) is 36.8 Å². The summed E-state index contributed by atoms with van der Waals surface area (Å²) in [4.78, 5) is 29.1. The highest BCUT2D eigenvalue weighted by atomic mass is 19.1. The summed E-state index contributed by atoms with van der Waals surface area (Å²) in [5, 5.41) is 7.38. The number of ether oxygens (including phenoxy) is 3. The molecule has 1 N–H and O–H groups in total. The highest BCUT2D eigenvalue weighted by Crippen LogP contribution is 2.40. The lowest BCUT2D eigenvalue weighted by Crippen LogP contribution is -2.38. The number of anilines is 2. The number of rotatable bonds is 6. The Labute approximate surface area is 207 Å². The van der Waals surface area contributed by atoms with E-state index < -0.39 is 0 Å². The van der Waals surface area contributed by atoms with Crippen LogP contribution in [0.4, 0.5) is 20.7 Å². The Morgan fingerprint density at radius 1 is 0.917 bits per heavy atom. The largest absolute Gasteiger partial charge is 0.493 e. The van der Waals surface area contributed by atoms with E-state index in [4.69, 9.17) is 14.2 Å². The van der Waals surface area contributed by atoms with Crippen molar-refractivity contribution in [2.75, 3.05) is 57.7 Å². The van der Waals surface area contributed by atoms with Gasteiger partial charge in [0.15, 0.2) is 11.5 Å². The van der Waals surface area contributed by atoms with Crippen LogP contribution in [-0.2, 0) is 0 Å². The highest BCUT2D eigenvalue weighted by Gasteiger charge is 2.22. The maximum absolute atomic E-state index is 13.3. The third kappa shape index (κ3) is 5.35. The van der Waals surface area contributed by atoms with Crippen LogP contribution in [0, 0.1) is 5.82 Å². The van der Waals surface area contributed by atoms with Crippen LogP contribution >= 0.6 is 0 Å². The quantitative estimate of drug-likeness (QED) is 0.559. The van der Waals surface area contributed by atoms with Crippen molar-refractivity contribution in [3.05, 3.63) is 64.7 Å². The monoisotopic (exact) mass is 497 g/mol. The molecule has 0 spiro atoms. The molecule has 1 aromatic heterocycles. The van der Waals surface area contributed by atoms with Crippen molar-refractivity contribution < 1.29 is 23.4 Å². The molecule has 2 amide bonds. The summed E-state index contributed by atoms with van der Waals surface area (Å²) in [5.41, 5.74) is 0.680. The first kappa shape index (κ1) is 24.8. The molecule has 11 heteroatoms. The van der Waals surface area contributed by atoms with E-state index >= 15 is 0 Å². The van der Waals surface area contributed by atoms with Gasteiger partial charge in [-0.25, -0.2) is 9.18 Å². The van der Waals surface area contributed by atoms with Crippen molar-refractivity contribution in [2.24, 2.45) is 0 Å². The van der Waals surface area contributed by atoms with Crippen LogP contribution in [0.5, 0.6) is 17.2 Å². The van der Waals surface area contributed by atoms with Crippen molar-refractivity contribution in [1.29, 1.82) is 0 Å². The number of urea groups is 1. The smallest absolute Gasteiger partial charge is 0.321 e. The lowest BCUT2D eigenvalue weighted by Gasteiger charge is -2.23. The molecule has 0 unspecified atom stereocenters. The van der Waals surface area contributed by atoms with Crippen molar-refractivity contribution >= 4 is 17.5 Å². The number of hydrogen-bond acceptors (Lipinski definition) is 7. The van der Waals surface area contributed by atoms with Crippen LogP contribution in [0.2, 0.25) is 0 Å². The number of amides is 2. The molecule has 2 heterocycles. The van der Waals surface area contributed by atoms with Gasteiger partial charge in [0.25, 0.3) is 5.56 Å². The van der Waals surface area contributed by atoms with Gasteiger partial charge in [0.2, 0.25) is 5.75 Å². The maximum atomic E-state index is 13.3. The summed E-state index contributed by atoms with van der Waals surface area (Å²) in [6.45, 7) is 2.18. The topological polar surface area (TPSA) is 98.2 Å². The van der Waals surface area contributed by atoms with Crippen molar-refractivity contribution in [1.82, 2.24) is 14.7 Å². The van der Waals surface area contributed by atoms with E-state index in [9.17, 15) is 14.0 Å². The normalized spacial score (nSPS) is 13.7. The summed E-state index contributed by atoms with van der Waals surface area (Å²) < 4.78 is 30.6. The van der Waals surface area contributed by atoms with E-state index in [1.54, 1.807) is 23.1 Å². The minimum absolute atomic E-state index is 0.254. The number of nitrogens with one attached hydrogen (secondary N) is 1. The molecule has 0 saturated carbocycles. The number of benzene rings is 2. The van der Waals surface area contributed by atoms with Crippen LogP contribution < -0.4 is 30.0 Å². The van der Waals surface area contributed by atoms with E-state index in [1.165, 1.54) is 56.3 Å². The molecule has 2 aromatic carbocycles. The summed E-state index contributed by atoms with van der Waals surface area (Å²) >= 11 is 0. The number of carbonyl (C=O) groups is 1. The van der Waals surface area contributed by atoms with Crippen LogP contribution in [-0.4, -0.2) is 68.2 Å². The molecule has 1 aliphatic heterocycles. The fourth-order valence-electron chi connectivity index (χ4n) is 4.04. The van der Waals surface area contributed by atoms with Gasteiger partial charge >= 0.3 is 6.03 Å². The number of methoxy groups -OCH3 is 3. The number of aromatic nitrogens is 2. The molecule has 0 radical (unpaired) electrons. The van der Waals surface area contributed by atoms with Gasteiger partial charge in [-0.1, -0.05) is 0 Å². The molecule has 0 aliphatic carbocycles. The summed E-state index contributed by atoms with van der Waals surface area (Å²) in [6.07, 6.45) is 0.708. The zero-order chi connectivity index (χ0) is 25.7. The zero-order valence-corrected chi connectivity index (χ0v) is 20.4. The second-order valence-corrected chi connectivity index (χ2v) is 8.09. The molecule has 0 bridgehead atoms. The van der Waals surface area contributed by atoms with Gasteiger partial charge in [-0.15, -0.1) is 5.10 Å². The Bertz CT molecular complexity index is 1260. The Balaban J connectivity index is 1.46. The maximum Gasteiger partial charge on any atom is 0.321 e. The van der Waals surface area contributed by atoms with E-state index in [0.717, 1.165) is 0 Å². The molecule has 1 saturated heterocycles. The lowest BCUT2D eigenvalue weighted by atomic mass is 10.2. The highest BCUT2D eigenvalue weighted by molar-refractivity contribution is 5.90. The van der Waals surface area contributed by atoms with Crippen molar-refractivity contribution in [3.8, 4) is 22.9 Å². The molecule has 0 atom stereocenters. The van der Waals surface area contributed by atoms with Gasteiger partial charge in [-0.2, -0.15) is 4.68 Å². The molecule has 3 aromatic rings. The standard InChI is InChI=1S/C25H28FN5O5/c1-34-20-15-18(16-21(35-2)24(20)36-3)27-25(33)30-12-4-11-29(13-14-30)22-9-10-23(32)31(28-22)19-7-5-17(26)6-8-19/h5-10,15-16H,4,11-14H2,1-3H3,(H,27,33). The summed E-state index contributed by atoms with van der Waals surface area (Å²) in [7, 11) is 4.54. The fraction of sp³-hybridized carbons (Fsp3) is 0.320. The molecule has 190 valence electrons. The van der Waals surface area contributed by atoms with Crippen LogP contribution in [0.25, 0.3) is 5.69 Å². The zero-order valence-electron chi connectivity index (χ0n) is 20.4. The summed E-state index contributed by atoms with van der Waals surface area (Å²) in [6, 6.07) is 11.8. The van der Waals surface area contributed by atoms with Crippen molar-refractivity contribution in [2.45, 2.75) is 6.42 Å². The van der Waals surface area contributed by atoms with E-state index in [0.29, 0.717) is 67.0 Å². The van der Waals surface area contributed by atoms with Gasteiger partial charge in [0.1, 0.15) is 11.6 Å². The Kier molecular flexibility index (Phi) is 7.57. The molecule has 10 nitrogen and oxygen atoms in total. The van der Waals surface area contributed by atoms with Crippen LogP contribution in [0.1, 0.15) is 6.42 Å². The van der Waals surface area contributed by atoms with Gasteiger partial charge in [0, 0.05) is 44.4 Å². The fourth-order valence-corrected chi connectivity index (χ4v) is 4.04. The van der Waals surface area contributed by atoms with Crippen LogP contribution in [0.3, 0.4) is 0 Å². The summed E-state index contributed by atoms with van der Waals surface area (Å²) in [5.74, 6) is 1.54. The molecule has 36 heavy (non-hydrogen) atoms. The third-order valence-corrected chi connectivity index (χ3v) is 5.88. The SMILES string of the molecule is COc1cc(NC(=O)N2CCCN(c3ccc(=O)n(-c4ccc(F)cc4)n3)CC2)cc(OC)c1OC. The second kappa shape index (κ2) is 11.0. The molecule has 1 aliphatic rings. The Morgan fingerprint density at radius 2 is 1.61 bits per heavy atom. The average Bonchev–Trinajstić information content (AvgIpc) is 3.15. The van der Waals surface area contributed by atoms with E-state index in [2.05, 4.69) is 10.4 Å². The predicted molar refractivity (Wildman–Crippen MR) is 133 cm³/mol. The molecular formula is C25H28FN5O5. The second-order valence-electron chi connectivity index (χ2n) is 8.09. The first-order valence-corrected chi connectivity index (χ1v) is 11.4. The number of halogens is 1. The average molecular weight is 498 g/mol. The first-order valence-electron chi connectivity index (χ1n) is 11.4. The van der Waals surface area contributed by atoms with Crippen LogP contribution in [0.15, 0.2) is 53.3 Å². The van der Waals surface area contributed by atoms with Gasteiger partial charge in [0.05, 0.1) is 32.7 Å². The Hall–Kier alpha value is -4.28. The molecule has 1 fully saturated rings. The lowest BCUT2D eigenvalue weighted by molar-refractivity contribution is 0.215. The predicted octanol–water partition coefficient (Wildman–Crippen LogP) is 3.14. The third-order valence-electron chi connectivity index (χ3n) is 5.88. The van der Waals surface area contributed by atoms with Crippen molar-refractivity contribution in [3.63, 3.8) is 0 Å². The van der Waals surface area contributed by atoms with E-state index in [-0.39, 0.29) is 17.4 Å². The Morgan fingerprint density at radius 3 is 2.25 bits per heavy atom. The molecule has 4 rings (SSSR count). The van der Waals surface area contributed by atoms with Gasteiger partial charge in [-0.3, -0.25) is 4.79 Å². The number of hydrogen-bond donors (Lipinski definition) is 1.